The minimum absolute atomic E-state index is 0.0582. The average Bonchev–Trinajstić information content (AvgIpc) is 3.38. The van der Waals surface area contributed by atoms with Crippen LogP contribution in [0.2, 0.25) is 0 Å². The molecule has 0 spiro atoms. The molecule has 4 rings (SSSR count). The van der Waals surface area contributed by atoms with Crippen molar-refractivity contribution in [3.05, 3.63) is 81.7 Å². The maximum absolute atomic E-state index is 15.3. The molecule has 0 saturated heterocycles. The number of alkyl halides is 3. The van der Waals surface area contributed by atoms with Crippen LogP contribution in [-0.2, 0) is 23.9 Å². The van der Waals surface area contributed by atoms with Gasteiger partial charge in [0.1, 0.15) is 17.7 Å². The highest BCUT2D eigenvalue weighted by molar-refractivity contribution is 5.83. The molecule has 0 aliphatic heterocycles. The summed E-state index contributed by atoms with van der Waals surface area (Å²) < 4.78 is 63.0. The first-order valence-corrected chi connectivity index (χ1v) is 14.4. The first-order chi connectivity index (χ1) is 21.3. The van der Waals surface area contributed by atoms with Gasteiger partial charge < -0.3 is 26.3 Å². The van der Waals surface area contributed by atoms with Crippen molar-refractivity contribution < 1.29 is 27.4 Å². The van der Waals surface area contributed by atoms with E-state index in [1.54, 1.807) is 31.2 Å². The number of nitrogens with one attached hydrogen (secondary N) is 2. The zero-order valence-corrected chi connectivity index (χ0v) is 25.0. The third kappa shape index (κ3) is 8.97. The lowest BCUT2D eigenvalue weighted by Gasteiger charge is -2.15. The Morgan fingerprint density at radius 2 is 1.91 bits per heavy atom. The van der Waals surface area contributed by atoms with Crippen LogP contribution in [0.5, 0.6) is 0 Å². The molecule has 242 valence electrons. The fraction of sp³-hybridized carbons (Fsp3) is 0.387. The van der Waals surface area contributed by atoms with E-state index in [2.05, 4.69) is 20.3 Å². The lowest BCUT2D eigenvalue weighted by atomic mass is 9.98. The molecular weight excluding hydrogens is 594 g/mol. The Labute approximate surface area is 257 Å². The first-order valence-electron chi connectivity index (χ1n) is 14.4. The Hall–Kier alpha value is -4.11. The second-order valence-corrected chi connectivity index (χ2v) is 10.9. The molecule has 0 radical (unpaired) electrons. The van der Waals surface area contributed by atoms with Gasteiger partial charge >= 0.3 is 11.9 Å². The molecule has 0 amide bonds. The number of nitrogens with zero attached hydrogens (tertiary/aromatic N) is 3. The van der Waals surface area contributed by atoms with Crippen molar-refractivity contribution in [2.24, 2.45) is 16.5 Å². The second kappa shape index (κ2) is 14.8. The van der Waals surface area contributed by atoms with Gasteiger partial charge in [0.05, 0.1) is 29.4 Å². The number of aliphatic hydroxyl groups excluding tert-OH is 1. The molecule has 7 N–H and O–H groups in total. The fourth-order valence-corrected chi connectivity index (χ4v) is 4.90. The summed E-state index contributed by atoms with van der Waals surface area (Å²) in [7, 11) is 1.51. The summed E-state index contributed by atoms with van der Waals surface area (Å²) in [5.41, 5.74) is 11.0. The van der Waals surface area contributed by atoms with Crippen LogP contribution in [0.15, 0.2) is 58.4 Å². The number of ether oxygens (including phenoxy) is 1. The Morgan fingerprint density at radius 3 is 2.58 bits per heavy atom. The van der Waals surface area contributed by atoms with E-state index >= 15 is 4.39 Å². The van der Waals surface area contributed by atoms with Gasteiger partial charge in [0.2, 0.25) is 0 Å². The van der Waals surface area contributed by atoms with Gasteiger partial charge in [-0.3, -0.25) is 14.9 Å². The number of nitrogens with two attached hydrogens (primary N) is 2. The number of benzene rings is 2. The van der Waals surface area contributed by atoms with Crippen LogP contribution in [-0.4, -0.2) is 58.0 Å². The first kappa shape index (κ1) is 33.8. The van der Waals surface area contributed by atoms with Crippen LogP contribution in [0.1, 0.15) is 42.9 Å². The van der Waals surface area contributed by atoms with E-state index < -0.39 is 29.5 Å². The van der Waals surface area contributed by atoms with Crippen molar-refractivity contribution in [2.75, 3.05) is 20.3 Å². The van der Waals surface area contributed by atoms with Crippen LogP contribution < -0.4 is 22.5 Å². The second-order valence-electron chi connectivity index (χ2n) is 10.9. The van der Waals surface area contributed by atoms with Crippen molar-refractivity contribution >= 4 is 16.9 Å². The van der Waals surface area contributed by atoms with E-state index in [1.807, 2.05) is 0 Å². The van der Waals surface area contributed by atoms with E-state index in [0.29, 0.717) is 61.4 Å². The van der Waals surface area contributed by atoms with E-state index in [0.717, 1.165) is 11.6 Å². The standard InChI is InChI=1S/C31H37F4N7O3/c1-18(36)38-11-10-27(43)39-15-19-6-8-23(9-7-19)42-16-21-14-26(40-29(21)41-30(42)44)24-12-20(4-3-5-22(37)17-45-2)13-25(28(24)32)31(33,34)35/h6-9,12-14,16,22,27,39,43H,3-5,10-11,15,17,37H2,1-2H3,(H2,36,38)(H,40,41,44)/t22-,27+/m1/s1. The van der Waals surface area contributed by atoms with Crippen LogP contribution in [0.25, 0.3) is 28.0 Å². The number of aliphatic hydroxyl groups is 1. The summed E-state index contributed by atoms with van der Waals surface area (Å²) in [6.07, 6.45) is -2.54. The van der Waals surface area contributed by atoms with Gasteiger partial charge in [-0.15, -0.1) is 0 Å². The Balaban J connectivity index is 1.57. The predicted molar refractivity (Wildman–Crippen MR) is 165 cm³/mol. The highest BCUT2D eigenvalue weighted by Crippen LogP contribution is 2.37. The van der Waals surface area contributed by atoms with Gasteiger partial charge in [-0.05, 0) is 67.6 Å². The van der Waals surface area contributed by atoms with E-state index in [1.165, 1.54) is 30.0 Å². The minimum atomic E-state index is -4.91. The summed E-state index contributed by atoms with van der Waals surface area (Å²) in [5.74, 6) is -0.972. The molecule has 45 heavy (non-hydrogen) atoms. The molecule has 0 saturated carbocycles. The molecule has 14 heteroatoms. The summed E-state index contributed by atoms with van der Waals surface area (Å²) >= 11 is 0. The predicted octanol–water partition coefficient (Wildman–Crippen LogP) is 4.01. The Bertz CT molecular complexity index is 1680. The van der Waals surface area contributed by atoms with Crippen molar-refractivity contribution in [1.29, 1.82) is 0 Å². The largest absolute Gasteiger partial charge is 0.419 e. The number of hydrogen-bond acceptors (Lipinski definition) is 7. The molecule has 0 aliphatic rings. The van der Waals surface area contributed by atoms with E-state index in [4.69, 9.17) is 16.2 Å². The smallest absolute Gasteiger partial charge is 0.388 e. The maximum atomic E-state index is 15.3. The summed E-state index contributed by atoms with van der Waals surface area (Å²) in [6, 6.07) is 10.3. The van der Waals surface area contributed by atoms with Crippen LogP contribution in [0, 0.1) is 5.82 Å². The number of H-pyrrole nitrogens is 1. The molecule has 0 aliphatic carbocycles. The molecule has 0 fully saturated rings. The van der Waals surface area contributed by atoms with Crippen molar-refractivity contribution in [2.45, 2.75) is 57.6 Å². The zero-order valence-electron chi connectivity index (χ0n) is 25.0. The number of amidine groups is 1. The van der Waals surface area contributed by atoms with Crippen molar-refractivity contribution in [1.82, 2.24) is 19.9 Å². The number of hydrogen-bond donors (Lipinski definition) is 5. The van der Waals surface area contributed by atoms with Gasteiger partial charge in [0.15, 0.2) is 0 Å². The Morgan fingerprint density at radius 1 is 1.18 bits per heavy atom. The molecule has 0 unspecified atom stereocenters. The SMILES string of the molecule is COC[C@H](N)CCCc1cc(-c2cc3cn(-c4ccc(CN[C@@H](O)CCN=C(C)N)cc4)c(=O)nc3[nH]2)c(F)c(C(F)(F)F)c1. The summed E-state index contributed by atoms with van der Waals surface area (Å²) in [5, 5.41) is 13.5. The van der Waals surface area contributed by atoms with Crippen LogP contribution >= 0.6 is 0 Å². The highest BCUT2D eigenvalue weighted by atomic mass is 19.4. The topological polar surface area (TPSA) is 157 Å². The van der Waals surface area contributed by atoms with Gasteiger partial charge in [-0.25, -0.2) is 9.18 Å². The normalized spacial score (nSPS) is 13.8. The van der Waals surface area contributed by atoms with E-state index in [9.17, 15) is 23.1 Å². The van der Waals surface area contributed by atoms with Crippen LogP contribution in [0.4, 0.5) is 17.6 Å². The third-order valence-corrected chi connectivity index (χ3v) is 7.18. The zero-order chi connectivity index (χ0) is 32.7. The van der Waals surface area contributed by atoms with Gasteiger partial charge in [0, 0.05) is 49.8 Å². The number of aliphatic imine (C=N–C) groups is 1. The Kier molecular flexibility index (Phi) is 11.1. The average molecular weight is 632 g/mol. The molecule has 2 heterocycles. The minimum Gasteiger partial charge on any atom is -0.388 e. The maximum Gasteiger partial charge on any atom is 0.419 e. The highest BCUT2D eigenvalue weighted by Gasteiger charge is 2.36. The molecule has 2 atom stereocenters. The lowest BCUT2D eigenvalue weighted by molar-refractivity contribution is -0.140. The number of fused-ring (bicyclic) bond motifs is 1. The number of halogens is 4. The lowest BCUT2D eigenvalue weighted by Crippen LogP contribution is -2.29. The number of rotatable bonds is 14. The van der Waals surface area contributed by atoms with Gasteiger partial charge in [0.25, 0.3) is 0 Å². The summed E-state index contributed by atoms with van der Waals surface area (Å²) in [4.78, 5) is 23.8. The number of aromatic nitrogens is 3. The van der Waals surface area contributed by atoms with Crippen molar-refractivity contribution in [3.63, 3.8) is 0 Å². The fourth-order valence-electron chi connectivity index (χ4n) is 4.90. The molecule has 4 aromatic rings. The van der Waals surface area contributed by atoms with Crippen molar-refractivity contribution in [3.8, 4) is 16.9 Å². The molecule has 2 aromatic heterocycles. The molecular formula is C31H37F4N7O3. The number of aromatic amines is 1. The molecule has 10 nitrogen and oxygen atoms in total. The number of aryl methyl sites for hydroxylation is 1. The number of methoxy groups -OCH3 is 1. The van der Waals surface area contributed by atoms with E-state index in [-0.39, 0.29) is 29.4 Å². The third-order valence-electron chi connectivity index (χ3n) is 7.18. The van der Waals surface area contributed by atoms with Crippen LogP contribution in [0.3, 0.4) is 0 Å². The quantitative estimate of drug-likeness (QED) is 0.0609. The monoisotopic (exact) mass is 631 g/mol. The van der Waals surface area contributed by atoms with Gasteiger partial charge in [-0.2, -0.15) is 18.2 Å². The molecule has 2 aromatic carbocycles. The van der Waals surface area contributed by atoms with Gasteiger partial charge in [-0.1, -0.05) is 12.1 Å². The summed E-state index contributed by atoms with van der Waals surface area (Å²) in [6.45, 7) is 2.75. The molecule has 0 bridgehead atoms.